The molecule has 0 spiro atoms. The van der Waals surface area contributed by atoms with Crippen molar-refractivity contribution >= 4 is 23.2 Å². The van der Waals surface area contributed by atoms with Crippen LogP contribution in [0.4, 0.5) is 0 Å². The summed E-state index contributed by atoms with van der Waals surface area (Å²) in [5, 5.41) is 3.85. The van der Waals surface area contributed by atoms with Crippen molar-refractivity contribution in [2.75, 3.05) is 52.5 Å². The van der Waals surface area contributed by atoms with Crippen molar-refractivity contribution in [1.82, 2.24) is 25.1 Å². The minimum absolute atomic E-state index is 0.0315. The van der Waals surface area contributed by atoms with Crippen LogP contribution in [0.25, 0.3) is 10.6 Å². The summed E-state index contributed by atoms with van der Waals surface area (Å²) in [6, 6.07) is 3.80. The Morgan fingerprint density at radius 1 is 1.29 bits per heavy atom. The van der Waals surface area contributed by atoms with Crippen LogP contribution in [-0.2, 0) is 9.53 Å². The number of piperidine rings is 1. The SMILES string of the molecule is Cc1nc(-c2cccnc2)sc1C(=O)N1CCCC(C(=O)NCCN2CCOCC2)C1. The Balaban J connectivity index is 1.33. The fraction of sp³-hybridized carbons (Fsp3) is 0.545. The van der Waals surface area contributed by atoms with Crippen molar-refractivity contribution in [3.8, 4) is 10.6 Å². The number of hydrogen-bond acceptors (Lipinski definition) is 7. The highest BCUT2D eigenvalue weighted by Gasteiger charge is 2.30. The van der Waals surface area contributed by atoms with Crippen LogP contribution in [0.5, 0.6) is 0 Å². The smallest absolute Gasteiger partial charge is 0.265 e. The summed E-state index contributed by atoms with van der Waals surface area (Å²) in [6.07, 6.45) is 5.12. The molecule has 2 aromatic heterocycles. The number of nitrogens with one attached hydrogen (secondary N) is 1. The van der Waals surface area contributed by atoms with Gasteiger partial charge in [0.25, 0.3) is 5.91 Å². The normalized spacial score (nSPS) is 19.9. The van der Waals surface area contributed by atoms with E-state index in [1.165, 1.54) is 11.3 Å². The van der Waals surface area contributed by atoms with Gasteiger partial charge in [-0.15, -0.1) is 11.3 Å². The molecule has 4 rings (SSSR count). The third-order valence-electron chi connectivity index (χ3n) is 5.81. The molecular weight excluding hydrogens is 414 g/mol. The van der Waals surface area contributed by atoms with Gasteiger partial charge in [0, 0.05) is 57.2 Å². The predicted molar refractivity (Wildman–Crippen MR) is 119 cm³/mol. The van der Waals surface area contributed by atoms with E-state index in [-0.39, 0.29) is 17.7 Å². The van der Waals surface area contributed by atoms with Crippen molar-refractivity contribution < 1.29 is 14.3 Å². The Morgan fingerprint density at radius 2 is 2.13 bits per heavy atom. The minimum atomic E-state index is -0.159. The Bertz CT molecular complexity index is 898. The molecule has 1 unspecified atom stereocenters. The maximum absolute atomic E-state index is 13.2. The number of likely N-dealkylation sites (tertiary alicyclic amines) is 1. The molecule has 2 amide bonds. The number of ether oxygens (including phenoxy) is 1. The van der Waals surface area contributed by atoms with Crippen LogP contribution in [0, 0.1) is 12.8 Å². The van der Waals surface area contributed by atoms with Gasteiger partial charge in [-0.25, -0.2) is 4.98 Å². The first-order valence-electron chi connectivity index (χ1n) is 10.9. The number of hydrogen-bond donors (Lipinski definition) is 1. The zero-order chi connectivity index (χ0) is 21.6. The number of rotatable bonds is 6. The molecule has 8 nitrogen and oxygen atoms in total. The van der Waals surface area contributed by atoms with Crippen LogP contribution in [0.2, 0.25) is 0 Å². The fourth-order valence-electron chi connectivity index (χ4n) is 4.03. The highest BCUT2D eigenvalue weighted by atomic mass is 32.1. The second-order valence-corrected chi connectivity index (χ2v) is 9.01. The molecule has 1 atom stereocenters. The zero-order valence-corrected chi connectivity index (χ0v) is 18.7. The van der Waals surface area contributed by atoms with Gasteiger partial charge in [-0.1, -0.05) is 0 Å². The van der Waals surface area contributed by atoms with E-state index in [2.05, 4.69) is 20.2 Å². The summed E-state index contributed by atoms with van der Waals surface area (Å²) in [7, 11) is 0. The first-order valence-corrected chi connectivity index (χ1v) is 11.7. The summed E-state index contributed by atoms with van der Waals surface area (Å²) in [6.45, 7) is 7.81. The van der Waals surface area contributed by atoms with Gasteiger partial charge < -0.3 is 15.0 Å². The third-order valence-corrected chi connectivity index (χ3v) is 7.00. The summed E-state index contributed by atoms with van der Waals surface area (Å²) in [5.41, 5.74) is 1.64. The lowest BCUT2D eigenvalue weighted by atomic mass is 9.97. The quantitative estimate of drug-likeness (QED) is 0.733. The maximum atomic E-state index is 13.2. The number of carbonyl (C=O) groups is 2. The molecule has 0 aliphatic carbocycles. The number of aryl methyl sites for hydroxylation is 1. The number of morpholine rings is 1. The van der Waals surface area contributed by atoms with E-state index < -0.39 is 0 Å². The minimum Gasteiger partial charge on any atom is -0.379 e. The second-order valence-electron chi connectivity index (χ2n) is 8.01. The average molecular weight is 444 g/mol. The van der Waals surface area contributed by atoms with Crippen molar-refractivity contribution in [3.05, 3.63) is 35.1 Å². The molecular formula is C22H29N5O3S. The standard InChI is InChI=1S/C22H29N5O3S/c1-16-19(31-21(25-16)17-4-2-6-23-14-17)22(29)27-8-3-5-18(15-27)20(28)24-7-9-26-10-12-30-13-11-26/h2,4,6,14,18H,3,5,7-13,15H2,1H3,(H,24,28). The molecule has 0 bridgehead atoms. The van der Waals surface area contributed by atoms with Crippen LogP contribution >= 0.6 is 11.3 Å². The van der Waals surface area contributed by atoms with Crippen molar-refractivity contribution in [3.63, 3.8) is 0 Å². The Hall–Kier alpha value is -2.36. The number of nitrogens with zero attached hydrogens (tertiary/aromatic N) is 4. The van der Waals surface area contributed by atoms with Crippen molar-refractivity contribution in [1.29, 1.82) is 0 Å². The van der Waals surface area contributed by atoms with Gasteiger partial charge in [-0.3, -0.25) is 19.5 Å². The highest BCUT2D eigenvalue weighted by molar-refractivity contribution is 7.17. The lowest BCUT2D eigenvalue weighted by Crippen LogP contribution is -2.47. The van der Waals surface area contributed by atoms with Crippen molar-refractivity contribution in [2.45, 2.75) is 19.8 Å². The molecule has 0 saturated carbocycles. The molecule has 166 valence electrons. The van der Waals surface area contributed by atoms with Crippen LogP contribution in [-0.4, -0.2) is 84.1 Å². The van der Waals surface area contributed by atoms with Crippen LogP contribution < -0.4 is 5.32 Å². The summed E-state index contributed by atoms with van der Waals surface area (Å²) >= 11 is 1.40. The van der Waals surface area contributed by atoms with E-state index in [4.69, 9.17) is 4.74 Å². The summed E-state index contributed by atoms with van der Waals surface area (Å²) in [5.74, 6) is -0.146. The van der Waals surface area contributed by atoms with E-state index in [9.17, 15) is 9.59 Å². The van der Waals surface area contributed by atoms with Crippen LogP contribution in [0.3, 0.4) is 0 Å². The van der Waals surface area contributed by atoms with Crippen LogP contribution in [0.1, 0.15) is 28.2 Å². The van der Waals surface area contributed by atoms with Gasteiger partial charge in [0.1, 0.15) is 9.88 Å². The molecule has 2 saturated heterocycles. The van der Waals surface area contributed by atoms with E-state index in [0.717, 1.165) is 62.0 Å². The van der Waals surface area contributed by atoms with Gasteiger partial charge >= 0.3 is 0 Å². The lowest BCUT2D eigenvalue weighted by molar-refractivity contribution is -0.126. The molecule has 1 N–H and O–H groups in total. The van der Waals surface area contributed by atoms with Gasteiger partial charge in [0.2, 0.25) is 5.91 Å². The van der Waals surface area contributed by atoms with Gasteiger partial charge in [-0.05, 0) is 31.9 Å². The van der Waals surface area contributed by atoms with Crippen molar-refractivity contribution in [2.24, 2.45) is 5.92 Å². The molecule has 0 radical (unpaired) electrons. The number of carbonyl (C=O) groups excluding carboxylic acids is 2. The highest BCUT2D eigenvalue weighted by Crippen LogP contribution is 2.29. The Kier molecular flexibility index (Phi) is 7.26. The average Bonchev–Trinajstić information content (AvgIpc) is 3.21. The monoisotopic (exact) mass is 443 g/mol. The molecule has 2 fully saturated rings. The molecule has 2 aliphatic rings. The Labute approximate surface area is 186 Å². The number of thiazole rings is 1. The number of pyridine rings is 1. The van der Waals surface area contributed by atoms with Gasteiger partial charge in [0.15, 0.2) is 0 Å². The fourth-order valence-corrected chi connectivity index (χ4v) is 5.06. The maximum Gasteiger partial charge on any atom is 0.265 e. The van der Waals surface area contributed by atoms with Crippen LogP contribution in [0.15, 0.2) is 24.5 Å². The zero-order valence-electron chi connectivity index (χ0n) is 17.9. The molecule has 4 heterocycles. The molecule has 0 aromatic carbocycles. The van der Waals surface area contributed by atoms with E-state index in [1.807, 2.05) is 24.0 Å². The third kappa shape index (κ3) is 5.47. The topological polar surface area (TPSA) is 87.7 Å². The summed E-state index contributed by atoms with van der Waals surface area (Å²) in [4.78, 5) is 39.3. The lowest BCUT2D eigenvalue weighted by Gasteiger charge is -2.32. The molecule has 9 heteroatoms. The largest absolute Gasteiger partial charge is 0.379 e. The van der Waals surface area contributed by atoms with Gasteiger partial charge in [-0.2, -0.15) is 0 Å². The predicted octanol–water partition coefficient (Wildman–Crippen LogP) is 1.81. The molecule has 2 aromatic rings. The van der Waals surface area contributed by atoms with Gasteiger partial charge in [0.05, 0.1) is 24.8 Å². The van der Waals surface area contributed by atoms with E-state index in [0.29, 0.717) is 24.5 Å². The number of amides is 2. The first-order chi connectivity index (χ1) is 15.1. The summed E-state index contributed by atoms with van der Waals surface area (Å²) < 4.78 is 5.35. The van der Waals surface area contributed by atoms with E-state index in [1.54, 1.807) is 12.4 Å². The number of aromatic nitrogens is 2. The first kappa shape index (κ1) is 21.9. The van der Waals surface area contributed by atoms with E-state index >= 15 is 0 Å². The molecule has 2 aliphatic heterocycles. The Morgan fingerprint density at radius 3 is 2.90 bits per heavy atom. The second kappa shape index (κ2) is 10.3. The molecule has 31 heavy (non-hydrogen) atoms.